The Hall–Kier alpha value is -1.04. The fraction of sp³-hybridized carbons (Fsp3) is 0.444. The number of hydrogen-bond donors (Lipinski definition) is 3. The van der Waals surface area contributed by atoms with Crippen LogP contribution in [0.5, 0.6) is 5.88 Å². The monoisotopic (exact) mass is 232 g/mol. The summed E-state index contributed by atoms with van der Waals surface area (Å²) in [5.41, 5.74) is 6.30. The number of nitrogens with zero attached hydrogens (tertiary/aromatic N) is 1. The van der Waals surface area contributed by atoms with Gasteiger partial charge in [-0.05, 0) is 6.07 Å². The molecule has 0 aromatic carbocycles. The summed E-state index contributed by atoms with van der Waals surface area (Å²) in [5.74, 6) is 0.221. The maximum atomic E-state index is 9.61. The molecular weight excluding hydrogens is 220 g/mol. The van der Waals surface area contributed by atoms with E-state index in [1.807, 2.05) is 0 Å². The van der Waals surface area contributed by atoms with E-state index in [4.69, 9.17) is 22.1 Å². The summed E-state index contributed by atoms with van der Waals surface area (Å²) in [7, 11) is 1.45. The number of aliphatic hydroxyl groups excluding tert-OH is 2. The number of anilines is 1. The molecule has 0 aliphatic rings. The van der Waals surface area contributed by atoms with E-state index >= 15 is 0 Å². The minimum atomic E-state index is -1.09. The first-order chi connectivity index (χ1) is 7.10. The lowest BCUT2D eigenvalue weighted by molar-refractivity contribution is 0.0325. The molecule has 5 nitrogen and oxygen atoms in total. The zero-order valence-electron chi connectivity index (χ0n) is 8.22. The molecule has 0 saturated heterocycles. The second-order valence-corrected chi connectivity index (χ2v) is 3.34. The maximum absolute atomic E-state index is 9.61. The van der Waals surface area contributed by atoms with E-state index in [0.29, 0.717) is 11.3 Å². The highest BCUT2D eigenvalue weighted by Gasteiger charge is 2.18. The van der Waals surface area contributed by atoms with Crippen LogP contribution in [0, 0.1) is 0 Å². The van der Waals surface area contributed by atoms with Crippen LogP contribution in [0.3, 0.4) is 0 Å². The van der Waals surface area contributed by atoms with Gasteiger partial charge in [-0.15, -0.1) is 11.6 Å². The van der Waals surface area contributed by atoms with Crippen LogP contribution in [0.2, 0.25) is 0 Å². The first kappa shape index (κ1) is 12.0. The lowest BCUT2D eigenvalue weighted by Gasteiger charge is -2.16. The first-order valence-electron chi connectivity index (χ1n) is 4.31. The summed E-state index contributed by atoms with van der Waals surface area (Å²) in [5, 5.41) is 18.9. The van der Waals surface area contributed by atoms with Crippen LogP contribution in [0.1, 0.15) is 11.7 Å². The van der Waals surface area contributed by atoms with E-state index in [1.54, 1.807) is 0 Å². The van der Waals surface area contributed by atoms with Crippen molar-refractivity contribution in [3.63, 3.8) is 0 Å². The van der Waals surface area contributed by atoms with E-state index in [1.165, 1.54) is 19.4 Å². The van der Waals surface area contributed by atoms with E-state index < -0.39 is 12.2 Å². The number of aliphatic hydroxyl groups is 2. The van der Waals surface area contributed by atoms with E-state index in [-0.39, 0.29) is 11.8 Å². The van der Waals surface area contributed by atoms with Gasteiger partial charge in [-0.2, -0.15) is 0 Å². The fourth-order valence-electron chi connectivity index (χ4n) is 1.13. The molecule has 4 N–H and O–H groups in total. The molecule has 1 rings (SSSR count). The molecule has 1 aromatic heterocycles. The summed E-state index contributed by atoms with van der Waals surface area (Å²) in [6.07, 6.45) is -0.750. The molecule has 0 amide bonds. The van der Waals surface area contributed by atoms with Crippen molar-refractivity contribution in [3.8, 4) is 5.88 Å². The highest BCUT2D eigenvalue weighted by atomic mass is 35.5. The average Bonchev–Trinajstić information content (AvgIpc) is 2.26. The van der Waals surface area contributed by atoms with Crippen LogP contribution in [0.15, 0.2) is 12.3 Å². The minimum Gasteiger partial charge on any atom is -0.480 e. The number of rotatable bonds is 4. The van der Waals surface area contributed by atoms with Crippen molar-refractivity contribution in [1.29, 1.82) is 0 Å². The Labute approximate surface area is 92.5 Å². The molecule has 0 spiro atoms. The van der Waals surface area contributed by atoms with Crippen molar-refractivity contribution < 1.29 is 14.9 Å². The van der Waals surface area contributed by atoms with Crippen LogP contribution < -0.4 is 10.5 Å². The number of hydrogen-bond acceptors (Lipinski definition) is 5. The number of ether oxygens (including phenoxy) is 1. The predicted molar refractivity (Wildman–Crippen MR) is 56.9 cm³/mol. The minimum absolute atomic E-state index is 0.0624. The molecular formula is C9H13ClN2O3. The number of halogens is 1. The Morgan fingerprint density at radius 3 is 2.73 bits per heavy atom. The van der Waals surface area contributed by atoms with Gasteiger partial charge in [0.25, 0.3) is 0 Å². The number of alkyl halides is 1. The van der Waals surface area contributed by atoms with Crippen LogP contribution >= 0.6 is 11.6 Å². The van der Waals surface area contributed by atoms with Gasteiger partial charge >= 0.3 is 0 Å². The molecule has 0 aliphatic carbocycles. The molecule has 0 bridgehead atoms. The van der Waals surface area contributed by atoms with Crippen molar-refractivity contribution >= 4 is 17.3 Å². The third kappa shape index (κ3) is 2.71. The Balaban J connectivity index is 2.92. The summed E-state index contributed by atoms with van der Waals surface area (Å²) in [6, 6.07) is 1.49. The van der Waals surface area contributed by atoms with Crippen molar-refractivity contribution in [1.82, 2.24) is 4.98 Å². The maximum Gasteiger partial charge on any atom is 0.236 e. The number of methoxy groups -OCH3 is 1. The van der Waals surface area contributed by atoms with Gasteiger partial charge in [0.15, 0.2) is 0 Å². The molecule has 0 aliphatic heterocycles. The molecule has 2 unspecified atom stereocenters. The topological polar surface area (TPSA) is 88.6 Å². The summed E-state index contributed by atoms with van der Waals surface area (Å²) in [4.78, 5) is 3.87. The zero-order chi connectivity index (χ0) is 11.4. The van der Waals surface area contributed by atoms with Crippen LogP contribution in [-0.4, -0.2) is 34.3 Å². The largest absolute Gasteiger partial charge is 0.480 e. The number of nitrogen functional groups attached to an aromatic ring is 1. The average molecular weight is 233 g/mol. The van der Waals surface area contributed by atoms with Gasteiger partial charge in [-0.25, -0.2) is 4.98 Å². The molecule has 6 heteroatoms. The predicted octanol–water partition coefficient (Wildman–Crippen LogP) is 0.305. The first-order valence-corrected chi connectivity index (χ1v) is 4.85. The molecule has 15 heavy (non-hydrogen) atoms. The van der Waals surface area contributed by atoms with Gasteiger partial charge in [0, 0.05) is 11.8 Å². The molecule has 1 aromatic rings. The molecule has 1 heterocycles. The van der Waals surface area contributed by atoms with Crippen LogP contribution in [0.4, 0.5) is 5.69 Å². The van der Waals surface area contributed by atoms with Gasteiger partial charge in [0.2, 0.25) is 5.88 Å². The molecule has 2 atom stereocenters. The fourth-order valence-corrected chi connectivity index (χ4v) is 1.29. The number of pyridine rings is 1. The number of nitrogens with two attached hydrogens (primary N) is 1. The van der Waals surface area contributed by atoms with E-state index in [0.717, 1.165) is 0 Å². The molecule has 84 valence electrons. The van der Waals surface area contributed by atoms with Gasteiger partial charge in [-0.1, -0.05) is 0 Å². The quantitative estimate of drug-likeness (QED) is 0.650. The Morgan fingerprint density at radius 1 is 1.60 bits per heavy atom. The van der Waals surface area contributed by atoms with Gasteiger partial charge < -0.3 is 20.7 Å². The zero-order valence-corrected chi connectivity index (χ0v) is 8.98. The van der Waals surface area contributed by atoms with E-state index in [2.05, 4.69) is 4.98 Å². The van der Waals surface area contributed by atoms with Crippen molar-refractivity contribution in [2.45, 2.75) is 12.2 Å². The standard InChI is InChI=1S/C9H13ClN2O3/c1-15-9-6(11)2-5(4-12-9)8(14)7(13)3-10/h2,4,7-8,13-14H,3,11H2,1H3. The lowest BCUT2D eigenvalue weighted by atomic mass is 10.1. The third-order valence-electron chi connectivity index (χ3n) is 1.96. The van der Waals surface area contributed by atoms with Crippen molar-refractivity contribution in [2.75, 3.05) is 18.7 Å². The Kier molecular flexibility index (Phi) is 4.14. The van der Waals surface area contributed by atoms with Crippen molar-refractivity contribution in [2.24, 2.45) is 0 Å². The van der Waals surface area contributed by atoms with E-state index in [9.17, 15) is 10.2 Å². The molecule has 0 fully saturated rings. The van der Waals surface area contributed by atoms with Gasteiger partial charge in [-0.3, -0.25) is 0 Å². The summed E-state index contributed by atoms with van der Waals surface area (Å²) < 4.78 is 4.86. The number of aromatic nitrogens is 1. The highest BCUT2D eigenvalue weighted by molar-refractivity contribution is 6.18. The summed E-state index contributed by atoms with van der Waals surface area (Å²) in [6.45, 7) is 0. The third-order valence-corrected chi connectivity index (χ3v) is 2.27. The normalized spacial score (nSPS) is 14.7. The Bertz CT molecular complexity index is 335. The molecule has 0 radical (unpaired) electrons. The second-order valence-electron chi connectivity index (χ2n) is 3.03. The van der Waals surface area contributed by atoms with Gasteiger partial charge in [0.05, 0.1) is 24.8 Å². The van der Waals surface area contributed by atoms with Crippen molar-refractivity contribution in [3.05, 3.63) is 17.8 Å². The van der Waals surface area contributed by atoms with Gasteiger partial charge in [0.1, 0.15) is 6.10 Å². The second kappa shape index (κ2) is 5.16. The highest BCUT2D eigenvalue weighted by Crippen LogP contribution is 2.24. The SMILES string of the molecule is COc1ncc(C(O)C(O)CCl)cc1N. The van der Waals surface area contributed by atoms with Crippen LogP contribution in [-0.2, 0) is 0 Å². The Morgan fingerprint density at radius 2 is 2.27 bits per heavy atom. The molecule has 0 saturated carbocycles. The van der Waals surface area contributed by atoms with Crippen LogP contribution in [0.25, 0.3) is 0 Å². The smallest absolute Gasteiger partial charge is 0.236 e. The lowest BCUT2D eigenvalue weighted by Crippen LogP contribution is -2.20. The summed E-state index contributed by atoms with van der Waals surface area (Å²) >= 11 is 5.41.